The highest BCUT2D eigenvalue weighted by atomic mass is 15.1. The van der Waals surface area contributed by atoms with E-state index in [1.807, 2.05) is 0 Å². The first-order valence-electron chi connectivity index (χ1n) is 13.7. The Morgan fingerprint density at radius 3 is 1.66 bits per heavy atom. The second-order valence-corrected chi connectivity index (χ2v) is 13.0. The first kappa shape index (κ1) is 22.0. The lowest BCUT2D eigenvalue weighted by molar-refractivity contribution is 0.423. The summed E-state index contributed by atoms with van der Waals surface area (Å²) < 4.78 is 5.09. The van der Waals surface area contributed by atoms with Gasteiger partial charge in [0.1, 0.15) is 0 Å². The molecule has 0 atom stereocenters. The van der Waals surface area contributed by atoms with Crippen LogP contribution in [0.15, 0.2) is 84.9 Å². The predicted octanol–water partition coefficient (Wildman–Crippen LogP) is 10.3. The van der Waals surface area contributed by atoms with Crippen LogP contribution in [0.5, 0.6) is 0 Å². The Morgan fingerprint density at radius 2 is 0.974 bits per heavy atom. The molecule has 38 heavy (non-hydrogen) atoms. The molecule has 8 aromatic rings. The van der Waals surface area contributed by atoms with Gasteiger partial charge in [0.05, 0.1) is 11.0 Å². The van der Waals surface area contributed by atoms with E-state index in [0.29, 0.717) is 0 Å². The Balaban J connectivity index is 1.66. The minimum atomic E-state index is -0.0440. The third kappa shape index (κ3) is 2.63. The molecule has 6 aromatic carbocycles. The predicted molar refractivity (Wildman–Crippen MR) is 166 cm³/mol. The van der Waals surface area contributed by atoms with Crippen molar-refractivity contribution in [1.82, 2.24) is 9.13 Å². The summed E-state index contributed by atoms with van der Waals surface area (Å²) in [4.78, 5) is 0. The molecule has 8 rings (SSSR count). The van der Waals surface area contributed by atoms with Crippen LogP contribution in [0.2, 0.25) is 0 Å². The fourth-order valence-corrected chi connectivity index (χ4v) is 7.27. The summed E-state index contributed by atoms with van der Waals surface area (Å²) in [6.45, 7) is 13.9. The monoisotopic (exact) mass is 492 g/mol. The number of fused-ring (bicyclic) bond motifs is 8. The van der Waals surface area contributed by atoms with Crippen LogP contribution < -0.4 is 0 Å². The zero-order chi connectivity index (χ0) is 26.1. The Bertz CT molecular complexity index is 2240. The molecular formula is C36H32N2. The maximum Gasteiger partial charge on any atom is 0.0576 e. The summed E-state index contributed by atoms with van der Waals surface area (Å²) in [6, 6.07) is 32.2. The molecule has 0 saturated carbocycles. The molecule has 0 spiro atoms. The van der Waals surface area contributed by atoms with Gasteiger partial charge < -0.3 is 9.13 Å². The number of hydrogen-bond donors (Lipinski definition) is 0. The zero-order valence-corrected chi connectivity index (χ0v) is 23.0. The van der Waals surface area contributed by atoms with Crippen molar-refractivity contribution in [2.24, 2.45) is 0 Å². The van der Waals surface area contributed by atoms with E-state index in [-0.39, 0.29) is 11.1 Å². The Hall–Kier alpha value is -4.04. The van der Waals surface area contributed by atoms with Gasteiger partial charge in [-0.2, -0.15) is 0 Å². The molecule has 0 amide bonds. The van der Waals surface area contributed by atoms with Crippen LogP contribution in [0.4, 0.5) is 0 Å². The number of nitrogens with zero attached hydrogens (tertiary/aromatic N) is 2. The van der Waals surface area contributed by atoms with E-state index in [1.165, 1.54) is 75.9 Å². The van der Waals surface area contributed by atoms with E-state index in [0.717, 1.165) is 0 Å². The summed E-state index contributed by atoms with van der Waals surface area (Å²) >= 11 is 0. The van der Waals surface area contributed by atoms with Crippen molar-refractivity contribution in [3.05, 3.63) is 84.9 Å². The number of rotatable bonds is 0. The molecule has 0 fully saturated rings. The van der Waals surface area contributed by atoms with Crippen molar-refractivity contribution in [2.75, 3.05) is 0 Å². The van der Waals surface area contributed by atoms with Crippen LogP contribution in [0.1, 0.15) is 41.5 Å². The summed E-state index contributed by atoms with van der Waals surface area (Å²) in [5, 5.41) is 13.5. The molecule has 0 unspecified atom stereocenters. The Morgan fingerprint density at radius 1 is 0.421 bits per heavy atom. The van der Waals surface area contributed by atoms with Crippen LogP contribution in [0, 0.1) is 0 Å². The number of para-hydroxylation sites is 2. The van der Waals surface area contributed by atoms with Gasteiger partial charge in [-0.05, 0) is 92.7 Å². The van der Waals surface area contributed by atoms with E-state index in [2.05, 4.69) is 136 Å². The molecule has 2 heterocycles. The molecule has 0 radical (unpaired) electrons. The van der Waals surface area contributed by atoms with E-state index >= 15 is 0 Å². The van der Waals surface area contributed by atoms with Gasteiger partial charge in [0.2, 0.25) is 0 Å². The zero-order valence-electron chi connectivity index (χ0n) is 23.0. The number of aromatic nitrogens is 2. The van der Waals surface area contributed by atoms with E-state index in [1.54, 1.807) is 0 Å². The van der Waals surface area contributed by atoms with Crippen LogP contribution in [-0.2, 0) is 11.1 Å². The maximum absolute atomic E-state index is 2.56. The topological polar surface area (TPSA) is 9.86 Å². The number of benzene rings is 6. The molecule has 0 saturated heterocycles. The highest BCUT2D eigenvalue weighted by Crippen LogP contribution is 2.47. The molecule has 2 nitrogen and oxygen atoms in total. The van der Waals surface area contributed by atoms with Crippen LogP contribution in [0.3, 0.4) is 0 Å². The van der Waals surface area contributed by atoms with Gasteiger partial charge in [0.25, 0.3) is 0 Å². The van der Waals surface area contributed by atoms with Gasteiger partial charge in [-0.15, -0.1) is 0 Å². The summed E-state index contributed by atoms with van der Waals surface area (Å²) in [5.74, 6) is 0. The minimum absolute atomic E-state index is 0.0258. The van der Waals surface area contributed by atoms with Gasteiger partial charge in [0.15, 0.2) is 0 Å². The standard InChI is InChI=1S/C36H32N2/c1-35(2,3)37-29-14-10-8-12-24(29)33-25-17-18-26-32-21(15-16-22(31(25)32)20-30(33)37)19-27-23-11-7-9-13-28(23)38(34(26)27)36(4,5)6/h7-20H,1-6H3. The molecule has 2 heteroatoms. The highest BCUT2D eigenvalue weighted by Gasteiger charge is 2.26. The first-order chi connectivity index (χ1) is 18.1. The fourth-order valence-electron chi connectivity index (χ4n) is 7.27. The van der Waals surface area contributed by atoms with Crippen molar-refractivity contribution in [1.29, 1.82) is 0 Å². The summed E-state index contributed by atoms with van der Waals surface area (Å²) in [5.41, 5.74) is 5.21. The molecule has 186 valence electrons. The molecule has 0 aliphatic rings. The molecular weight excluding hydrogens is 460 g/mol. The lowest BCUT2D eigenvalue weighted by Crippen LogP contribution is -2.21. The van der Waals surface area contributed by atoms with Crippen molar-refractivity contribution < 1.29 is 0 Å². The van der Waals surface area contributed by atoms with E-state index < -0.39 is 0 Å². The molecule has 0 aliphatic carbocycles. The van der Waals surface area contributed by atoms with Crippen molar-refractivity contribution >= 4 is 75.9 Å². The largest absolute Gasteiger partial charge is 0.335 e. The Kier molecular flexibility index (Phi) is 3.98. The minimum Gasteiger partial charge on any atom is -0.335 e. The van der Waals surface area contributed by atoms with Gasteiger partial charge in [-0.1, -0.05) is 60.7 Å². The summed E-state index contributed by atoms with van der Waals surface area (Å²) in [6.07, 6.45) is 0. The van der Waals surface area contributed by atoms with Crippen molar-refractivity contribution in [3.63, 3.8) is 0 Å². The van der Waals surface area contributed by atoms with Crippen LogP contribution in [-0.4, -0.2) is 9.13 Å². The average molecular weight is 493 g/mol. The van der Waals surface area contributed by atoms with Crippen LogP contribution in [0.25, 0.3) is 75.9 Å². The van der Waals surface area contributed by atoms with Gasteiger partial charge >= 0.3 is 0 Å². The van der Waals surface area contributed by atoms with Gasteiger partial charge in [-0.3, -0.25) is 0 Å². The van der Waals surface area contributed by atoms with Crippen molar-refractivity contribution in [3.8, 4) is 0 Å². The smallest absolute Gasteiger partial charge is 0.0576 e. The lowest BCUT2D eigenvalue weighted by Gasteiger charge is -2.25. The quantitative estimate of drug-likeness (QED) is 0.186. The normalized spacial score (nSPS) is 13.5. The third-order valence-corrected chi connectivity index (χ3v) is 8.51. The highest BCUT2D eigenvalue weighted by molar-refractivity contribution is 6.36. The van der Waals surface area contributed by atoms with Gasteiger partial charge in [-0.25, -0.2) is 0 Å². The maximum atomic E-state index is 2.56. The molecule has 0 N–H and O–H groups in total. The molecule has 0 bridgehead atoms. The van der Waals surface area contributed by atoms with E-state index in [9.17, 15) is 0 Å². The van der Waals surface area contributed by atoms with Crippen LogP contribution >= 0.6 is 0 Å². The lowest BCUT2D eigenvalue weighted by atomic mass is 9.90. The van der Waals surface area contributed by atoms with E-state index in [4.69, 9.17) is 0 Å². The Labute approximate surface area is 222 Å². The van der Waals surface area contributed by atoms with Crippen molar-refractivity contribution in [2.45, 2.75) is 52.6 Å². The van der Waals surface area contributed by atoms with Gasteiger partial charge in [0, 0.05) is 49.0 Å². The third-order valence-electron chi connectivity index (χ3n) is 8.51. The molecule has 2 aromatic heterocycles. The average Bonchev–Trinajstić information content (AvgIpc) is 3.39. The second-order valence-electron chi connectivity index (χ2n) is 13.0. The SMILES string of the molecule is CC(C)(C)n1c2ccccc2c2c3ccc4c5c(ccc(cc21)c35)cc1c2ccccc2n(C(C)(C)C)c14. The first-order valence-corrected chi connectivity index (χ1v) is 13.7. The molecule has 0 aliphatic heterocycles. The second kappa shape index (κ2) is 6.88. The fraction of sp³-hybridized carbons (Fsp3) is 0.222. The summed E-state index contributed by atoms with van der Waals surface area (Å²) in [7, 11) is 0. The number of hydrogen-bond acceptors (Lipinski definition) is 0.